The Hall–Kier alpha value is -0.110. The molecule has 1 aliphatic heterocycles. The highest BCUT2D eigenvalue weighted by atomic mass is 19.1. The molecule has 1 N–H and O–H groups in total. The van der Waals surface area contributed by atoms with E-state index in [1.165, 1.54) is 19.3 Å². The standard InChI is InChI=1S/C10H18FN/c1-10(8-4-2-5-8)9(11)6-3-7-12-10/h8-9,12H,2-7H2,1H3. The van der Waals surface area contributed by atoms with Crippen LogP contribution in [0.1, 0.15) is 39.0 Å². The summed E-state index contributed by atoms with van der Waals surface area (Å²) >= 11 is 0. The van der Waals surface area contributed by atoms with Crippen molar-refractivity contribution in [3.05, 3.63) is 0 Å². The lowest BCUT2D eigenvalue weighted by molar-refractivity contribution is 0.0320. The lowest BCUT2D eigenvalue weighted by Gasteiger charge is -2.48. The summed E-state index contributed by atoms with van der Waals surface area (Å²) in [5.74, 6) is 0.604. The highest BCUT2D eigenvalue weighted by Crippen LogP contribution is 2.41. The van der Waals surface area contributed by atoms with Crippen LogP contribution in [0.25, 0.3) is 0 Å². The van der Waals surface area contributed by atoms with Crippen molar-refractivity contribution < 1.29 is 4.39 Å². The van der Waals surface area contributed by atoms with Crippen molar-refractivity contribution in [1.82, 2.24) is 5.32 Å². The molecular formula is C10H18FN. The molecule has 2 atom stereocenters. The van der Waals surface area contributed by atoms with Crippen molar-refractivity contribution in [1.29, 1.82) is 0 Å². The van der Waals surface area contributed by atoms with Gasteiger partial charge in [0.15, 0.2) is 0 Å². The van der Waals surface area contributed by atoms with Crippen molar-refractivity contribution in [2.75, 3.05) is 6.54 Å². The van der Waals surface area contributed by atoms with Gasteiger partial charge in [-0.1, -0.05) is 6.42 Å². The van der Waals surface area contributed by atoms with Crippen LogP contribution in [0.2, 0.25) is 0 Å². The smallest absolute Gasteiger partial charge is 0.118 e. The molecule has 1 heterocycles. The van der Waals surface area contributed by atoms with E-state index in [0.717, 1.165) is 19.4 Å². The molecule has 0 amide bonds. The minimum atomic E-state index is -0.614. The predicted octanol–water partition coefficient (Wildman–Crippen LogP) is 2.27. The molecule has 2 aliphatic rings. The Morgan fingerprint density at radius 3 is 2.50 bits per heavy atom. The van der Waals surface area contributed by atoms with Gasteiger partial charge in [-0.05, 0) is 45.1 Å². The van der Waals surface area contributed by atoms with E-state index in [2.05, 4.69) is 12.2 Å². The Bertz CT molecular complexity index is 163. The van der Waals surface area contributed by atoms with Gasteiger partial charge >= 0.3 is 0 Å². The van der Waals surface area contributed by atoms with E-state index in [4.69, 9.17) is 0 Å². The molecule has 0 aromatic rings. The summed E-state index contributed by atoms with van der Waals surface area (Å²) in [6.45, 7) is 3.08. The Kier molecular flexibility index (Phi) is 2.11. The van der Waals surface area contributed by atoms with E-state index in [1.54, 1.807) is 0 Å². The lowest BCUT2D eigenvalue weighted by Crippen LogP contribution is -2.60. The minimum absolute atomic E-state index is 0.184. The lowest BCUT2D eigenvalue weighted by atomic mass is 9.67. The van der Waals surface area contributed by atoms with Crippen LogP contribution in [0.5, 0.6) is 0 Å². The first-order chi connectivity index (χ1) is 5.73. The first-order valence-corrected chi connectivity index (χ1v) is 5.12. The fraction of sp³-hybridized carbons (Fsp3) is 1.00. The minimum Gasteiger partial charge on any atom is -0.309 e. The summed E-state index contributed by atoms with van der Waals surface area (Å²) in [5.41, 5.74) is -0.184. The Labute approximate surface area is 73.7 Å². The number of hydrogen-bond donors (Lipinski definition) is 1. The quantitative estimate of drug-likeness (QED) is 0.638. The van der Waals surface area contributed by atoms with E-state index >= 15 is 0 Å². The molecule has 0 aromatic carbocycles. The van der Waals surface area contributed by atoms with E-state index in [0.29, 0.717) is 5.92 Å². The monoisotopic (exact) mass is 171 g/mol. The third-order valence-electron chi connectivity index (χ3n) is 3.74. The molecule has 0 spiro atoms. The van der Waals surface area contributed by atoms with Crippen molar-refractivity contribution in [2.45, 2.75) is 50.7 Å². The SMILES string of the molecule is CC1(C2CCC2)NCCCC1F. The summed E-state index contributed by atoms with van der Waals surface area (Å²) in [7, 11) is 0. The number of hydrogen-bond acceptors (Lipinski definition) is 1. The first kappa shape index (κ1) is 8.49. The Morgan fingerprint density at radius 1 is 1.25 bits per heavy atom. The summed E-state index contributed by atoms with van der Waals surface area (Å²) in [6.07, 6.45) is 4.91. The topological polar surface area (TPSA) is 12.0 Å². The van der Waals surface area contributed by atoms with Crippen LogP contribution in [0.3, 0.4) is 0 Å². The molecule has 1 aliphatic carbocycles. The number of nitrogens with one attached hydrogen (secondary N) is 1. The van der Waals surface area contributed by atoms with Crippen molar-refractivity contribution >= 4 is 0 Å². The van der Waals surface area contributed by atoms with Gasteiger partial charge in [0.1, 0.15) is 6.17 Å². The highest BCUT2D eigenvalue weighted by Gasteiger charge is 2.45. The van der Waals surface area contributed by atoms with E-state index in [-0.39, 0.29) is 5.54 Å². The van der Waals surface area contributed by atoms with E-state index in [1.807, 2.05) is 0 Å². The molecule has 70 valence electrons. The molecule has 0 aromatic heterocycles. The Balaban J connectivity index is 2.04. The average molecular weight is 171 g/mol. The average Bonchev–Trinajstić information content (AvgIpc) is 1.92. The van der Waals surface area contributed by atoms with Gasteiger partial charge < -0.3 is 5.32 Å². The molecule has 2 unspecified atom stereocenters. The van der Waals surface area contributed by atoms with Gasteiger partial charge in [-0.25, -0.2) is 4.39 Å². The summed E-state index contributed by atoms with van der Waals surface area (Å²) < 4.78 is 13.6. The summed E-state index contributed by atoms with van der Waals surface area (Å²) in [5, 5.41) is 3.37. The van der Waals surface area contributed by atoms with Crippen molar-refractivity contribution in [3.8, 4) is 0 Å². The van der Waals surface area contributed by atoms with Crippen LogP contribution in [-0.4, -0.2) is 18.3 Å². The van der Waals surface area contributed by atoms with Crippen LogP contribution in [0.15, 0.2) is 0 Å². The number of rotatable bonds is 1. The Morgan fingerprint density at radius 2 is 2.00 bits per heavy atom. The molecule has 2 heteroatoms. The second kappa shape index (κ2) is 2.99. The largest absolute Gasteiger partial charge is 0.309 e. The van der Waals surface area contributed by atoms with Gasteiger partial charge in [0.2, 0.25) is 0 Å². The van der Waals surface area contributed by atoms with Gasteiger partial charge in [0.25, 0.3) is 0 Å². The van der Waals surface area contributed by atoms with E-state index in [9.17, 15) is 4.39 Å². The summed E-state index contributed by atoms with van der Waals surface area (Å²) in [4.78, 5) is 0. The molecule has 1 saturated heterocycles. The molecule has 1 nitrogen and oxygen atoms in total. The van der Waals surface area contributed by atoms with Crippen LogP contribution in [0.4, 0.5) is 4.39 Å². The number of alkyl halides is 1. The van der Waals surface area contributed by atoms with Gasteiger partial charge in [0, 0.05) is 5.54 Å². The molecule has 1 saturated carbocycles. The van der Waals surface area contributed by atoms with Crippen LogP contribution >= 0.6 is 0 Å². The van der Waals surface area contributed by atoms with Crippen LogP contribution < -0.4 is 5.32 Å². The zero-order valence-corrected chi connectivity index (χ0v) is 7.78. The normalized spacial score (nSPS) is 44.0. The van der Waals surface area contributed by atoms with Crippen LogP contribution in [0, 0.1) is 5.92 Å². The molecule has 0 bridgehead atoms. The number of piperidine rings is 1. The fourth-order valence-corrected chi connectivity index (χ4v) is 2.46. The predicted molar refractivity (Wildman–Crippen MR) is 47.9 cm³/mol. The molecule has 2 rings (SSSR count). The maximum atomic E-state index is 13.6. The van der Waals surface area contributed by atoms with Crippen LogP contribution in [-0.2, 0) is 0 Å². The van der Waals surface area contributed by atoms with Crippen molar-refractivity contribution in [3.63, 3.8) is 0 Å². The second-order valence-electron chi connectivity index (χ2n) is 4.45. The van der Waals surface area contributed by atoms with Gasteiger partial charge in [-0.2, -0.15) is 0 Å². The van der Waals surface area contributed by atoms with Gasteiger partial charge in [0.05, 0.1) is 0 Å². The molecule has 2 fully saturated rings. The number of halogens is 1. The third kappa shape index (κ3) is 1.17. The zero-order valence-electron chi connectivity index (χ0n) is 7.78. The van der Waals surface area contributed by atoms with E-state index < -0.39 is 6.17 Å². The maximum Gasteiger partial charge on any atom is 0.118 e. The van der Waals surface area contributed by atoms with Gasteiger partial charge in [-0.15, -0.1) is 0 Å². The second-order valence-corrected chi connectivity index (χ2v) is 4.45. The first-order valence-electron chi connectivity index (χ1n) is 5.12. The highest BCUT2D eigenvalue weighted by molar-refractivity contribution is 5.01. The molecule has 12 heavy (non-hydrogen) atoms. The molecule has 0 radical (unpaired) electrons. The van der Waals surface area contributed by atoms with Crippen molar-refractivity contribution in [2.24, 2.45) is 5.92 Å². The fourth-order valence-electron chi connectivity index (χ4n) is 2.46. The summed E-state index contributed by atoms with van der Waals surface area (Å²) in [6, 6.07) is 0. The molecular weight excluding hydrogens is 153 g/mol. The third-order valence-corrected chi connectivity index (χ3v) is 3.74. The van der Waals surface area contributed by atoms with Gasteiger partial charge in [-0.3, -0.25) is 0 Å². The maximum absolute atomic E-state index is 13.6. The zero-order chi connectivity index (χ0) is 8.60.